The zero-order valence-electron chi connectivity index (χ0n) is 20.3. The van der Waals surface area contributed by atoms with Crippen LogP contribution in [-0.4, -0.2) is 81.2 Å². The van der Waals surface area contributed by atoms with Crippen LogP contribution in [0, 0.1) is 5.92 Å². The summed E-state index contributed by atoms with van der Waals surface area (Å²) in [6.07, 6.45) is 9.53. The van der Waals surface area contributed by atoms with E-state index < -0.39 is 6.10 Å². The molecule has 2 aliphatic rings. The number of nitrogens with zero attached hydrogens (tertiary/aromatic N) is 2. The maximum absolute atomic E-state index is 10.5. The van der Waals surface area contributed by atoms with Gasteiger partial charge in [-0.15, -0.1) is 0 Å². The third-order valence-electron chi connectivity index (χ3n) is 6.79. The first-order chi connectivity index (χ1) is 15.6. The summed E-state index contributed by atoms with van der Waals surface area (Å²) in [5.74, 6) is 2.23. The average Bonchev–Trinajstić information content (AvgIpc) is 2.79. The highest BCUT2D eigenvalue weighted by molar-refractivity contribution is 5.43. The first-order valence-electron chi connectivity index (χ1n) is 12.6. The molecule has 2 aliphatic heterocycles. The fourth-order valence-electron chi connectivity index (χ4n) is 4.79. The van der Waals surface area contributed by atoms with E-state index in [0.717, 1.165) is 51.1 Å². The molecule has 0 aromatic heterocycles. The number of β-amino-alcohol motifs (C(OH)–C–C–N with tert-alkyl or cyclic N) is 1. The first-order valence-corrected chi connectivity index (χ1v) is 12.6. The predicted molar refractivity (Wildman–Crippen MR) is 129 cm³/mol. The Labute approximate surface area is 194 Å². The van der Waals surface area contributed by atoms with Gasteiger partial charge in [-0.05, 0) is 82.4 Å². The minimum atomic E-state index is -0.491. The molecule has 1 aromatic rings. The molecule has 32 heavy (non-hydrogen) atoms. The Hall–Kier alpha value is -1.34. The molecule has 3 rings (SSSR count). The molecule has 0 unspecified atom stereocenters. The second kappa shape index (κ2) is 14.0. The zero-order valence-corrected chi connectivity index (χ0v) is 20.3. The van der Waals surface area contributed by atoms with Crippen molar-refractivity contribution in [3.8, 4) is 11.5 Å². The molecule has 2 heterocycles. The van der Waals surface area contributed by atoms with Crippen molar-refractivity contribution < 1.29 is 19.3 Å². The second-order valence-electron chi connectivity index (χ2n) is 9.60. The van der Waals surface area contributed by atoms with Crippen LogP contribution in [0.1, 0.15) is 56.9 Å². The lowest BCUT2D eigenvalue weighted by atomic mass is 9.96. The van der Waals surface area contributed by atoms with Gasteiger partial charge in [0.15, 0.2) is 11.5 Å². The van der Waals surface area contributed by atoms with Crippen molar-refractivity contribution in [3.63, 3.8) is 0 Å². The van der Waals surface area contributed by atoms with Gasteiger partial charge >= 0.3 is 0 Å². The van der Waals surface area contributed by atoms with Crippen molar-refractivity contribution in [2.24, 2.45) is 5.92 Å². The second-order valence-corrected chi connectivity index (χ2v) is 9.60. The number of likely N-dealkylation sites (tertiary alicyclic amines) is 1. The Morgan fingerprint density at radius 2 is 1.81 bits per heavy atom. The molecule has 6 heteroatoms. The van der Waals surface area contributed by atoms with E-state index in [1.54, 1.807) is 7.11 Å². The normalized spacial score (nSPS) is 20.0. The summed E-state index contributed by atoms with van der Waals surface area (Å²) < 4.78 is 17.0. The molecule has 0 saturated carbocycles. The minimum absolute atomic E-state index is 0.289. The predicted octanol–water partition coefficient (Wildman–Crippen LogP) is 3.95. The van der Waals surface area contributed by atoms with E-state index in [2.05, 4.69) is 29.0 Å². The number of rotatable bonds is 11. The molecule has 2 fully saturated rings. The topological polar surface area (TPSA) is 54.4 Å². The van der Waals surface area contributed by atoms with Gasteiger partial charge in [0.1, 0.15) is 12.7 Å². The Kier molecular flexibility index (Phi) is 11.1. The molecule has 0 bridgehead atoms. The number of hydrogen-bond donors (Lipinski definition) is 1. The van der Waals surface area contributed by atoms with Gasteiger partial charge in [0, 0.05) is 26.3 Å². The summed E-state index contributed by atoms with van der Waals surface area (Å²) in [5.41, 5.74) is 1.21. The van der Waals surface area contributed by atoms with Crippen LogP contribution in [0.4, 0.5) is 0 Å². The highest BCUT2D eigenvalue weighted by Gasteiger charge is 2.16. The van der Waals surface area contributed by atoms with Gasteiger partial charge in [0.05, 0.1) is 7.11 Å². The van der Waals surface area contributed by atoms with Crippen molar-refractivity contribution >= 4 is 0 Å². The van der Waals surface area contributed by atoms with E-state index in [9.17, 15) is 5.11 Å². The summed E-state index contributed by atoms with van der Waals surface area (Å²) in [7, 11) is 3.86. The maximum Gasteiger partial charge on any atom is 0.161 e. The lowest BCUT2D eigenvalue weighted by Gasteiger charge is -2.27. The number of methoxy groups -OCH3 is 1. The maximum atomic E-state index is 10.5. The van der Waals surface area contributed by atoms with Gasteiger partial charge in [-0.25, -0.2) is 0 Å². The van der Waals surface area contributed by atoms with E-state index in [0.29, 0.717) is 12.3 Å². The van der Waals surface area contributed by atoms with Gasteiger partial charge in [-0.3, -0.25) is 0 Å². The highest BCUT2D eigenvalue weighted by atomic mass is 16.5. The molecule has 0 amide bonds. The monoisotopic (exact) mass is 448 g/mol. The summed E-state index contributed by atoms with van der Waals surface area (Å²) >= 11 is 0. The molecule has 2 saturated heterocycles. The molecule has 1 N–H and O–H groups in total. The summed E-state index contributed by atoms with van der Waals surface area (Å²) in [6.45, 7) is 6.94. The number of ether oxygens (including phenoxy) is 3. The lowest BCUT2D eigenvalue weighted by molar-refractivity contribution is 0.0607. The minimum Gasteiger partial charge on any atom is -0.493 e. The van der Waals surface area contributed by atoms with Gasteiger partial charge in [0.25, 0.3) is 0 Å². The number of hydrogen-bond acceptors (Lipinski definition) is 6. The summed E-state index contributed by atoms with van der Waals surface area (Å²) in [5, 5.41) is 10.5. The van der Waals surface area contributed by atoms with E-state index in [1.165, 1.54) is 56.9 Å². The molecule has 0 radical (unpaired) electrons. The molecule has 0 spiro atoms. The van der Waals surface area contributed by atoms with Crippen LogP contribution in [0.5, 0.6) is 11.5 Å². The lowest BCUT2D eigenvalue weighted by Crippen LogP contribution is -2.37. The molecule has 6 nitrogen and oxygen atoms in total. The highest BCUT2D eigenvalue weighted by Crippen LogP contribution is 2.29. The molecule has 0 aliphatic carbocycles. The van der Waals surface area contributed by atoms with Crippen molar-refractivity contribution in [2.75, 3.05) is 60.2 Å². The van der Waals surface area contributed by atoms with E-state index in [1.807, 2.05) is 6.07 Å². The van der Waals surface area contributed by atoms with E-state index >= 15 is 0 Å². The van der Waals surface area contributed by atoms with Crippen molar-refractivity contribution in [1.82, 2.24) is 9.80 Å². The van der Waals surface area contributed by atoms with Gasteiger partial charge in [0.2, 0.25) is 0 Å². The van der Waals surface area contributed by atoms with Crippen LogP contribution in [0.25, 0.3) is 0 Å². The molecular weight excluding hydrogens is 404 g/mol. The van der Waals surface area contributed by atoms with Crippen LogP contribution >= 0.6 is 0 Å². The fourth-order valence-corrected chi connectivity index (χ4v) is 4.79. The van der Waals surface area contributed by atoms with Gasteiger partial charge in [-0.2, -0.15) is 0 Å². The Bertz CT molecular complexity index is 643. The van der Waals surface area contributed by atoms with Crippen LogP contribution in [-0.2, 0) is 11.3 Å². The zero-order chi connectivity index (χ0) is 22.6. The van der Waals surface area contributed by atoms with Crippen molar-refractivity contribution in [3.05, 3.63) is 23.8 Å². The van der Waals surface area contributed by atoms with Crippen molar-refractivity contribution in [1.29, 1.82) is 0 Å². The number of aliphatic hydroxyl groups excluding tert-OH is 1. The quantitative estimate of drug-likeness (QED) is 0.553. The third-order valence-corrected chi connectivity index (χ3v) is 6.79. The van der Waals surface area contributed by atoms with Gasteiger partial charge in [-0.1, -0.05) is 25.3 Å². The first kappa shape index (κ1) is 25.3. The summed E-state index contributed by atoms with van der Waals surface area (Å²) in [4.78, 5) is 4.75. The molecular formula is C26H44N2O4. The largest absolute Gasteiger partial charge is 0.493 e. The van der Waals surface area contributed by atoms with E-state index in [4.69, 9.17) is 14.2 Å². The summed E-state index contributed by atoms with van der Waals surface area (Å²) in [6, 6.07) is 6.14. The standard InChI is InChI=1S/C26H44N2O4/c1-27(15-10-22-11-16-31-17-12-22)19-23-8-9-25(26(18-23)30-2)32-21-24(29)20-28-13-6-4-3-5-7-14-28/h8-9,18,22,24,29H,3-7,10-17,19-21H2,1-2H3/t24-/m0/s1. The van der Waals surface area contributed by atoms with Crippen molar-refractivity contribution in [2.45, 2.75) is 64.0 Å². The number of aliphatic hydroxyl groups is 1. The van der Waals surface area contributed by atoms with Crippen LogP contribution in [0.15, 0.2) is 18.2 Å². The third kappa shape index (κ3) is 8.89. The molecule has 182 valence electrons. The Morgan fingerprint density at radius 3 is 2.53 bits per heavy atom. The fraction of sp³-hybridized carbons (Fsp3) is 0.769. The Balaban J connectivity index is 1.43. The molecule has 1 aromatic carbocycles. The van der Waals surface area contributed by atoms with Gasteiger partial charge < -0.3 is 29.1 Å². The number of benzene rings is 1. The van der Waals surface area contributed by atoms with Crippen LogP contribution in [0.2, 0.25) is 0 Å². The SMILES string of the molecule is COc1cc(CN(C)CCC2CCOCC2)ccc1OC[C@@H](O)CN1CCCCCCC1. The van der Waals surface area contributed by atoms with Crippen LogP contribution < -0.4 is 9.47 Å². The van der Waals surface area contributed by atoms with E-state index in [-0.39, 0.29) is 6.61 Å². The van der Waals surface area contributed by atoms with Crippen LogP contribution in [0.3, 0.4) is 0 Å². The molecule has 1 atom stereocenters. The average molecular weight is 449 g/mol. The Morgan fingerprint density at radius 1 is 1.09 bits per heavy atom. The smallest absolute Gasteiger partial charge is 0.161 e.